The van der Waals surface area contributed by atoms with Crippen LogP contribution in [0, 0.1) is 0 Å². The standard InChI is InChI=1S/C14H27NO2/c1-4-6-7-8-9-10-11-15-12(3)13(5-2)14(16)17/h15H,4-11H2,1-3H3,(H,16,17)/b13-12-. The van der Waals surface area contributed by atoms with Crippen molar-refractivity contribution in [3.8, 4) is 0 Å². The van der Waals surface area contributed by atoms with Crippen LogP contribution < -0.4 is 5.32 Å². The maximum atomic E-state index is 10.9. The maximum Gasteiger partial charge on any atom is 0.333 e. The van der Waals surface area contributed by atoms with Crippen LogP contribution in [0.1, 0.15) is 65.7 Å². The second-order valence-electron chi connectivity index (χ2n) is 4.46. The summed E-state index contributed by atoms with van der Waals surface area (Å²) in [5.41, 5.74) is 1.31. The second-order valence-corrected chi connectivity index (χ2v) is 4.46. The molecule has 3 nitrogen and oxygen atoms in total. The van der Waals surface area contributed by atoms with Gasteiger partial charge in [-0.05, 0) is 19.8 Å². The molecule has 3 heteroatoms. The highest BCUT2D eigenvalue weighted by molar-refractivity contribution is 5.87. The van der Waals surface area contributed by atoms with Crippen LogP contribution in [-0.2, 0) is 4.79 Å². The van der Waals surface area contributed by atoms with Crippen molar-refractivity contribution in [3.05, 3.63) is 11.3 Å². The van der Waals surface area contributed by atoms with Crippen LogP contribution in [0.15, 0.2) is 11.3 Å². The van der Waals surface area contributed by atoms with Crippen LogP contribution in [0.4, 0.5) is 0 Å². The molecule has 0 aliphatic heterocycles. The lowest BCUT2D eigenvalue weighted by Crippen LogP contribution is -2.17. The van der Waals surface area contributed by atoms with Gasteiger partial charge in [-0.25, -0.2) is 4.79 Å². The molecule has 100 valence electrons. The van der Waals surface area contributed by atoms with Crippen LogP contribution >= 0.6 is 0 Å². The van der Waals surface area contributed by atoms with E-state index >= 15 is 0 Å². The van der Waals surface area contributed by atoms with E-state index < -0.39 is 5.97 Å². The lowest BCUT2D eigenvalue weighted by Gasteiger charge is -2.09. The summed E-state index contributed by atoms with van der Waals surface area (Å²) in [5.74, 6) is -0.805. The highest BCUT2D eigenvalue weighted by Crippen LogP contribution is 2.07. The molecule has 0 rings (SSSR count). The van der Waals surface area contributed by atoms with Gasteiger partial charge in [0.1, 0.15) is 0 Å². The Kier molecular flexibility index (Phi) is 9.59. The summed E-state index contributed by atoms with van der Waals surface area (Å²) in [5, 5.41) is 12.2. The molecule has 0 unspecified atom stereocenters. The summed E-state index contributed by atoms with van der Waals surface area (Å²) in [6.45, 7) is 6.83. The van der Waals surface area contributed by atoms with Crippen molar-refractivity contribution in [3.63, 3.8) is 0 Å². The number of hydrogen-bond donors (Lipinski definition) is 2. The molecular formula is C14H27NO2. The number of carbonyl (C=O) groups is 1. The van der Waals surface area contributed by atoms with Gasteiger partial charge in [-0.15, -0.1) is 0 Å². The molecule has 17 heavy (non-hydrogen) atoms. The minimum Gasteiger partial charge on any atom is -0.478 e. The number of hydrogen-bond acceptors (Lipinski definition) is 2. The Labute approximate surface area is 105 Å². The average Bonchev–Trinajstić information content (AvgIpc) is 2.28. The van der Waals surface area contributed by atoms with E-state index in [4.69, 9.17) is 5.11 Å². The zero-order valence-electron chi connectivity index (χ0n) is 11.5. The minimum atomic E-state index is -0.805. The molecule has 0 saturated carbocycles. The fourth-order valence-electron chi connectivity index (χ4n) is 1.86. The monoisotopic (exact) mass is 241 g/mol. The Balaban J connectivity index is 3.70. The van der Waals surface area contributed by atoms with Crippen molar-refractivity contribution in [2.75, 3.05) is 6.54 Å². The van der Waals surface area contributed by atoms with Crippen LogP contribution in [0.2, 0.25) is 0 Å². The number of unbranched alkanes of at least 4 members (excludes halogenated alkanes) is 5. The number of carboxylic acids is 1. The van der Waals surface area contributed by atoms with Crippen LogP contribution in [0.3, 0.4) is 0 Å². The predicted molar refractivity (Wildman–Crippen MR) is 72.0 cm³/mol. The molecule has 0 aliphatic rings. The van der Waals surface area contributed by atoms with Gasteiger partial charge >= 0.3 is 5.97 Å². The van der Waals surface area contributed by atoms with Crippen molar-refractivity contribution < 1.29 is 9.90 Å². The van der Waals surface area contributed by atoms with Crippen molar-refractivity contribution in [1.29, 1.82) is 0 Å². The molecule has 0 aromatic heterocycles. The molecule has 2 N–H and O–H groups in total. The van der Waals surface area contributed by atoms with Gasteiger partial charge in [0, 0.05) is 12.2 Å². The summed E-state index contributed by atoms with van der Waals surface area (Å²) in [4.78, 5) is 10.9. The van der Waals surface area contributed by atoms with E-state index in [1.165, 1.54) is 32.1 Å². The van der Waals surface area contributed by atoms with E-state index in [2.05, 4.69) is 12.2 Å². The third-order valence-corrected chi connectivity index (χ3v) is 2.98. The number of carboxylic acid groups (broad SMARTS) is 1. The minimum absolute atomic E-state index is 0.496. The second kappa shape index (κ2) is 10.2. The highest BCUT2D eigenvalue weighted by Gasteiger charge is 2.07. The summed E-state index contributed by atoms with van der Waals surface area (Å²) >= 11 is 0. The average molecular weight is 241 g/mol. The first-order chi connectivity index (χ1) is 8.13. The summed E-state index contributed by atoms with van der Waals surface area (Å²) < 4.78 is 0. The molecule has 0 aliphatic carbocycles. The number of allylic oxidation sites excluding steroid dienone is 1. The van der Waals surface area contributed by atoms with Gasteiger partial charge in [0.05, 0.1) is 5.57 Å². The zero-order valence-corrected chi connectivity index (χ0v) is 11.5. The van der Waals surface area contributed by atoms with Crippen molar-refractivity contribution in [2.45, 2.75) is 65.7 Å². The van der Waals surface area contributed by atoms with Gasteiger partial charge in [-0.1, -0.05) is 46.0 Å². The lowest BCUT2D eigenvalue weighted by atomic mass is 10.1. The van der Waals surface area contributed by atoms with Crippen LogP contribution in [0.25, 0.3) is 0 Å². The molecule has 0 radical (unpaired) electrons. The van der Waals surface area contributed by atoms with Gasteiger partial charge in [0.25, 0.3) is 0 Å². The molecule has 0 bridgehead atoms. The molecule has 0 atom stereocenters. The van der Waals surface area contributed by atoms with Gasteiger partial charge in [-0.3, -0.25) is 0 Å². The molecular weight excluding hydrogens is 214 g/mol. The van der Waals surface area contributed by atoms with E-state index in [0.29, 0.717) is 12.0 Å². The smallest absolute Gasteiger partial charge is 0.333 e. The fourth-order valence-corrected chi connectivity index (χ4v) is 1.86. The SMILES string of the molecule is CCCCCCCCN/C(C)=C(/CC)C(=O)O. The quantitative estimate of drug-likeness (QED) is 0.453. The first kappa shape index (κ1) is 16.0. The summed E-state index contributed by atoms with van der Waals surface area (Å²) in [6, 6.07) is 0. The Morgan fingerprint density at radius 1 is 1.06 bits per heavy atom. The molecule has 0 spiro atoms. The molecule has 0 amide bonds. The van der Waals surface area contributed by atoms with E-state index in [1.54, 1.807) is 0 Å². The van der Waals surface area contributed by atoms with Crippen molar-refractivity contribution >= 4 is 5.97 Å². The number of nitrogens with one attached hydrogen (secondary N) is 1. The largest absolute Gasteiger partial charge is 0.478 e. The third kappa shape index (κ3) is 7.83. The predicted octanol–water partition coefficient (Wildman–Crippen LogP) is 3.71. The first-order valence-corrected chi connectivity index (χ1v) is 6.80. The zero-order chi connectivity index (χ0) is 13.1. The molecule has 0 aromatic rings. The normalized spacial score (nSPS) is 12.2. The topological polar surface area (TPSA) is 49.3 Å². The van der Waals surface area contributed by atoms with Crippen molar-refractivity contribution in [1.82, 2.24) is 5.32 Å². The molecule has 0 aromatic carbocycles. The van der Waals surface area contributed by atoms with Gasteiger partial charge in [-0.2, -0.15) is 0 Å². The highest BCUT2D eigenvalue weighted by atomic mass is 16.4. The van der Waals surface area contributed by atoms with Crippen LogP contribution in [-0.4, -0.2) is 17.6 Å². The van der Waals surface area contributed by atoms with E-state index in [0.717, 1.165) is 18.7 Å². The van der Waals surface area contributed by atoms with Gasteiger partial charge in [0.2, 0.25) is 0 Å². The first-order valence-electron chi connectivity index (χ1n) is 6.80. The Bertz CT molecular complexity index is 247. The lowest BCUT2D eigenvalue weighted by molar-refractivity contribution is -0.132. The number of rotatable bonds is 10. The van der Waals surface area contributed by atoms with Gasteiger partial charge < -0.3 is 10.4 Å². The molecule has 0 fully saturated rings. The van der Waals surface area contributed by atoms with Crippen LogP contribution in [0.5, 0.6) is 0 Å². The summed E-state index contributed by atoms with van der Waals surface area (Å²) in [6.07, 6.45) is 8.14. The third-order valence-electron chi connectivity index (χ3n) is 2.98. The van der Waals surface area contributed by atoms with Crippen molar-refractivity contribution in [2.24, 2.45) is 0 Å². The van der Waals surface area contributed by atoms with E-state index in [1.807, 2.05) is 13.8 Å². The Morgan fingerprint density at radius 3 is 2.18 bits per heavy atom. The van der Waals surface area contributed by atoms with E-state index in [-0.39, 0.29) is 0 Å². The molecule has 0 saturated heterocycles. The van der Waals surface area contributed by atoms with E-state index in [9.17, 15) is 4.79 Å². The molecule has 0 heterocycles. The Hall–Kier alpha value is -0.990. The Morgan fingerprint density at radius 2 is 1.65 bits per heavy atom. The maximum absolute atomic E-state index is 10.9. The van der Waals surface area contributed by atoms with Gasteiger partial charge in [0.15, 0.2) is 0 Å². The summed E-state index contributed by atoms with van der Waals surface area (Å²) in [7, 11) is 0. The fraction of sp³-hybridized carbons (Fsp3) is 0.786. The number of aliphatic carboxylic acids is 1.